The molecule has 96 valence electrons. The molecular formula is C14H17ClN2S. The van der Waals surface area contributed by atoms with Crippen LogP contribution in [0.1, 0.15) is 29.5 Å². The Hall–Kier alpha value is -0.900. The third kappa shape index (κ3) is 3.80. The summed E-state index contributed by atoms with van der Waals surface area (Å²) in [6.45, 7) is 4.07. The number of benzene rings is 1. The van der Waals surface area contributed by atoms with Gasteiger partial charge in [0.15, 0.2) is 0 Å². The highest BCUT2D eigenvalue weighted by Gasteiger charge is 2.06. The van der Waals surface area contributed by atoms with E-state index in [9.17, 15) is 0 Å². The topological polar surface area (TPSA) is 24.9 Å². The van der Waals surface area contributed by atoms with Crippen LogP contribution in [0.25, 0.3) is 0 Å². The van der Waals surface area contributed by atoms with Crippen molar-refractivity contribution in [3.63, 3.8) is 0 Å². The molecule has 0 aliphatic carbocycles. The Morgan fingerprint density at radius 3 is 2.94 bits per heavy atom. The predicted molar refractivity (Wildman–Crippen MR) is 78.4 cm³/mol. The van der Waals surface area contributed by atoms with E-state index in [0.29, 0.717) is 0 Å². The Labute approximate surface area is 117 Å². The van der Waals surface area contributed by atoms with Gasteiger partial charge in [-0.05, 0) is 36.2 Å². The molecule has 0 bridgehead atoms. The number of thiazole rings is 1. The van der Waals surface area contributed by atoms with Crippen molar-refractivity contribution in [3.8, 4) is 0 Å². The normalized spacial score (nSPS) is 10.8. The Bertz CT molecular complexity index is 483. The van der Waals surface area contributed by atoms with Crippen LogP contribution in [0.2, 0.25) is 5.02 Å². The van der Waals surface area contributed by atoms with Crippen LogP contribution in [-0.2, 0) is 13.0 Å². The van der Waals surface area contributed by atoms with Crippen molar-refractivity contribution in [1.29, 1.82) is 0 Å². The van der Waals surface area contributed by atoms with Crippen LogP contribution >= 0.6 is 22.9 Å². The number of nitrogens with one attached hydrogen (secondary N) is 1. The highest BCUT2D eigenvalue weighted by atomic mass is 35.5. The lowest BCUT2D eigenvalue weighted by Gasteiger charge is -2.10. The van der Waals surface area contributed by atoms with E-state index < -0.39 is 0 Å². The minimum atomic E-state index is 0.797. The number of hydrogen-bond acceptors (Lipinski definition) is 3. The van der Waals surface area contributed by atoms with Crippen LogP contribution in [0.15, 0.2) is 29.8 Å². The standard InChI is InChI=1S/C14H17ClN2S/c1-2-5-16-10-12-8-13(15)4-3-11(12)9-14-17-6-7-18-14/h3-4,6-8,16H,2,5,9-10H2,1H3. The van der Waals surface area contributed by atoms with Gasteiger partial charge in [-0.2, -0.15) is 0 Å². The summed E-state index contributed by atoms with van der Waals surface area (Å²) in [6, 6.07) is 6.10. The molecule has 0 fully saturated rings. The molecule has 0 saturated heterocycles. The van der Waals surface area contributed by atoms with Crippen LogP contribution < -0.4 is 5.32 Å². The van der Waals surface area contributed by atoms with Crippen molar-refractivity contribution in [3.05, 3.63) is 50.9 Å². The molecule has 0 unspecified atom stereocenters. The van der Waals surface area contributed by atoms with Crippen molar-refractivity contribution in [1.82, 2.24) is 10.3 Å². The molecule has 0 aliphatic heterocycles. The van der Waals surface area contributed by atoms with Crippen molar-refractivity contribution < 1.29 is 0 Å². The van der Waals surface area contributed by atoms with E-state index in [1.807, 2.05) is 23.7 Å². The summed E-state index contributed by atoms with van der Waals surface area (Å²) in [5.74, 6) is 0. The van der Waals surface area contributed by atoms with Gasteiger partial charge in [-0.3, -0.25) is 0 Å². The highest BCUT2D eigenvalue weighted by molar-refractivity contribution is 7.09. The molecule has 0 spiro atoms. The molecular weight excluding hydrogens is 264 g/mol. The van der Waals surface area contributed by atoms with Gasteiger partial charge in [-0.25, -0.2) is 4.98 Å². The van der Waals surface area contributed by atoms with Crippen LogP contribution in [0.3, 0.4) is 0 Å². The minimum absolute atomic E-state index is 0.797. The molecule has 1 heterocycles. The third-order valence-corrected chi connectivity index (χ3v) is 3.75. The molecule has 2 aromatic rings. The van der Waals surface area contributed by atoms with E-state index in [4.69, 9.17) is 11.6 Å². The fourth-order valence-corrected chi connectivity index (χ4v) is 2.67. The fraction of sp³-hybridized carbons (Fsp3) is 0.357. The summed E-state index contributed by atoms with van der Waals surface area (Å²) < 4.78 is 0. The van der Waals surface area contributed by atoms with Gasteiger partial charge in [-0.1, -0.05) is 24.6 Å². The molecule has 0 radical (unpaired) electrons. The number of halogens is 1. The SMILES string of the molecule is CCCNCc1cc(Cl)ccc1Cc1nccs1. The van der Waals surface area contributed by atoms with Crippen LogP contribution in [-0.4, -0.2) is 11.5 Å². The van der Waals surface area contributed by atoms with Gasteiger partial charge in [-0.15, -0.1) is 11.3 Å². The Balaban J connectivity index is 2.12. The Kier molecular flexibility index (Phi) is 5.17. The van der Waals surface area contributed by atoms with Gasteiger partial charge in [0, 0.05) is 29.6 Å². The monoisotopic (exact) mass is 280 g/mol. The highest BCUT2D eigenvalue weighted by Crippen LogP contribution is 2.20. The molecule has 0 amide bonds. The molecule has 2 rings (SSSR count). The van der Waals surface area contributed by atoms with Crippen molar-refractivity contribution in [2.45, 2.75) is 26.3 Å². The molecule has 0 saturated carbocycles. The van der Waals surface area contributed by atoms with Crippen LogP contribution in [0.4, 0.5) is 0 Å². The largest absolute Gasteiger partial charge is 0.313 e. The van der Waals surface area contributed by atoms with Gasteiger partial charge in [0.1, 0.15) is 0 Å². The number of hydrogen-bond donors (Lipinski definition) is 1. The number of nitrogens with zero attached hydrogens (tertiary/aromatic N) is 1. The molecule has 2 nitrogen and oxygen atoms in total. The maximum atomic E-state index is 6.07. The maximum Gasteiger partial charge on any atom is 0.0968 e. The molecule has 1 aromatic carbocycles. The van der Waals surface area contributed by atoms with Gasteiger partial charge in [0.05, 0.1) is 5.01 Å². The predicted octanol–water partition coefficient (Wildman–Crippen LogP) is 3.89. The zero-order valence-electron chi connectivity index (χ0n) is 10.4. The van der Waals surface area contributed by atoms with Crippen molar-refractivity contribution >= 4 is 22.9 Å². The first kappa shape index (κ1) is 13.5. The second-order valence-corrected chi connectivity index (χ2v) is 5.61. The summed E-state index contributed by atoms with van der Waals surface area (Å²) in [5, 5.41) is 7.38. The van der Waals surface area contributed by atoms with E-state index in [1.54, 1.807) is 11.3 Å². The molecule has 1 N–H and O–H groups in total. The second kappa shape index (κ2) is 6.88. The van der Waals surface area contributed by atoms with Crippen molar-refractivity contribution in [2.75, 3.05) is 6.54 Å². The maximum absolute atomic E-state index is 6.07. The lowest BCUT2D eigenvalue weighted by molar-refractivity contribution is 0.672. The van der Waals surface area contributed by atoms with Crippen LogP contribution in [0.5, 0.6) is 0 Å². The molecule has 1 aromatic heterocycles. The summed E-state index contributed by atoms with van der Waals surface area (Å²) in [4.78, 5) is 4.34. The van der Waals surface area contributed by atoms with Gasteiger partial charge in [0.25, 0.3) is 0 Å². The van der Waals surface area contributed by atoms with Crippen LogP contribution in [0, 0.1) is 0 Å². The first-order valence-corrected chi connectivity index (χ1v) is 7.41. The lowest BCUT2D eigenvalue weighted by atomic mass is 10.0. The van der Waals surface area contributed by atoms with E-state index in [0.717, 1.165) is 36.0 Å². The fourth-order valence-electron chi connectivity index (χ4n) is 1.83. The first-order valence-electron chi connectivity index (χ1n) is 6.16. The second-order valence-electron chi connectivity index (χ2n) is 4.19. The molecule has 0 aliphatic rings. The molecule has 4 heteroatoms. The van der Waals surface area contributed by atoms with E-state index in [-0.39, 0.29) is 0 Å². The van der Waals surface area contributed by atoms with Gasteiger partial charge >= 0.3 is 0 Å². The summed E-state index contributed by atoms with van der Waals surface area (Å²) >= 11 is 7.77. The lowest BCUT2D eigenvalue weighted by Crippen LogP contribution is -2.15. The smallest absolute Gasteiger partial charge is 0.0968 e. The van der Waals surface area contributed by atoms with Crippen molar-refractivity contribution in [2.24, 2.45) is 0 Å². The minimum Gasteiger partial charge on any atom is -0.313 e. The summed E-state index contributed by atoms with van der Waals surface area (Å²) in [5.41, 5.74) is 2.57. The number of aromatic nitrogens is 1. The number of rotatable bonds is 6. The Morgan fingerprint density at radius 1 is 1.33 bits per heavy atom. The van der Waals surface area contributed by atoms with E-state index >= 15 is 0 Å². The van der Waals surface area contributed by atoms with Gasteiger partial charge in [0.2, 0.25) is 0 Å². The third-order valence-electron chi connectivity index (χ3n) is 2.74. The summed E-state index contributed by atoms with van der Waals surface area (Å²) in [7, 11) is 0. The average Bonchev–Trinajstić information content (AvgIpc) is 2.86. The zero-order chi connectivity index (χ0) is 12.8. The quantitative estimate of drug-likeness (QED) is 0.812. The summed E-state index contributed by atoms with van der Waals surface area (Å²) in [6.07, 6.45) is 3.88. The van der Waals surface area contributed by atoms with Gasteiger partial charge < -0.3 is 5.32 Å². The van der Waals surface area contributed by atoms with E-state index in [2.05, 4.69) is 23.3 Å². The first-order chi connectivity index (χ1) is 8.79. The van der Waals surface area contributed by atoms with E-state index in [1.165, 1.54) is 11.1 Å². The zero-order valence-corrected chi connectivity index (χ0v) is 12.0. The Morgan fingerprint density at radius 2 is 2.22 bits per heavy atom. The molecule has 0 atom stereocenters. The average molecular weight is 281 g/mol. The molecule has 18 heavy (non-hydrogen) atoms.